The second kappa shape index (κ2) is 9.56. The zero-order chi connectivity index (χ0) is 25.5. The number of aliphatic carboxylic acids is 1. The molecular weight excluding hydrogens is 464 g/mol. The summed E-state index contributed by atoms with van der Waals surface area (Å²) >= 11 is 0. The average molecular weight is 497 g/mol. The Morgan fingerprint density at radius 2 is 1.89 bits per heavy atom. The summed E-state index contributed by atoms with van der Waals surface area (Å²) in [7, 11) is 0. The number of rotatable bonds is 7. The van der Waals surface area contributed by atoms with E-state index in [1.165, 1.54) is 0 Å². The minimum Gasteiger partial charge on any atom is -0.490 e. The molecule has 192 valence electrons. The molecule has 0 amide bonds. The van der Waals surface area contributed by atoms with E-state index < -0.39 is 24.7 Å². The highest BCUT2D eigenvalue weighted by molar-refractivity contribution is 5.84. The summed E-state index contributed by atoms with van der Waals surface area (Å²) in [6, 6.07) is 6.92. The molecule has 0 bridgehead atoms. The number of fused-ring (bicyclic) bond motifs is 1. The molecule has 2 aliphatic rings. The first-order chi connectivity index (χ1) is 16.4. The zero-order valence-corrected chi connectivity index (χ0v) is 20.2. The number of pyridine rings is 1. The predicted molar refractivity (Wildman–Crippen MR) is 124 cm³/mol. The van der Waals surface area contributed by atoms with Crippen LogP contribution in [-0.2, 0) is 11.5 Å². The maximum absolute atomic E-state index is 14.0. The third-order valence-electron chi connectivity index (χ3n) is 7.99. The fraction of sp³-hybridized carbons (Fsp3) is 0.615. The van der Waals surface area contributed by atoms with Crippen molar-refractivity contribution in [2.24, 2.45) is 17.3 Å². The Kier molecular flexibility index (Phi) is 7.01. The highest BCUT2D eigenvalue weighted by Gasteiger charge is 2.52. The highest BCUT2D eigenvalue weighted by atomic mass is 19.4. The summed E-state index contributed by atoms with van der Waals surface area (Å²) in [6.07, 6.45) is -3.38. The van der Waals surface area contributed by atoms with Crippen LogP contribution in [0, 0.1) is 17.3 Å². The average Bonchev–Trinajstić information content (AvgIpc) is 2.80. The fourth-order valence-corrected chi connectivity index (χ4v) is 5.45. The first-order valence-corrected chi connectivity index (χ1v) is 12.1. The van der Waals surface area contributed by atoms with E-state index in [2.05, 4.69) is 5.32 Å². The summed E-state index contributed by atoms with van der Waals surface area (Å²) in [6.45, 7) is 5.08. The Morgan fingerprint density at radius 3 is 2.46 bits per heavy atom. The first kappa shape index (κ1) is 25.7. The van der Waals surface area contributed by atoms with Gasteiger partial charge in [0.2, 0.25) is 0 Å². The number of hydrogen-bond donors (Lipinski definition) is 2. The topological polar surface area (TPSA) is 71.5 Å². The molecule has 3 unspecified atom stereocenters. The molecule has 2 saturated carbocycles. The van der Waals surface area contributed by atoms with Gasteiger partial charge < -0.3 is 15.2 Å². The maximum Gasteiger partial charge on any atom is 0.391 e. The zero-order valence-electron chi connectivity index (χ0n) is 20.2. The van der Waals surface area contributed by atoms with E-state index >= 15 is 0 Å². The van der Waals surface area contributed by atoms with Crippen LogP contribution in [-0.4, -0.2) is 34.4 Å². The van der Waals surface area contributed by atoms with E-state index in [1.54, 1.807) is 18.2 Å². The standard InChI is InChI=1S/C26H32F4N2O3/c1-14(31-23-12-19(24(33)34)25(23,2)3)20-9-8-17-18(13-27)22(11-10-21(17)32-20)35-16-6-4-15(5-7-16)26(28,29)30/h8-11,14-16,19,23,31H,4-7,12-13H2,1-3H3,(H,33,34). The minimum atomic E-state index is -4.18. The van der Waals surface area contributed by atoms with Crippen LogP contribution in [0.5, 0.6) is 5.75 Å². The molecule has 3 atom stereocenters. The smallest absolute Gasteiger partial charge is 0.391 e. The minimum absolute atomic E-state index is 0.0214. The molecule has 2 aliphatic carbocycles. The second-order valence-electron chi connectivity index (χ2n) is 10.5. The van der Waals surface area contributed by atoms with Crippen LogP contribution in [0.3, 0.4) is 0 Å². The van der Waals surface area contributed by atoms with Crippen molar-refractivity contribution in [3.05, 3.63) is 35.5 Å². The largest absolute Gasteiger partial charge is 0.490 e. The number of ether oxygens (including phenoxy) is 1. The molecule has 0 saturated heterocycles. The number of carboxylic acids is 1. The second-order valence-corrected chi connectivity index (χ2v) is 10.5. The molecule has 2 aromatic rings. The fourth-order valence-electron chi connectivity index (χ4n) is 5.45. The molecule has 1 heterocycles. The summed E-state index contributed by atoms with van der Waals surface area (Å²) in [5.41, 5.74) is 1.35. The molecule has 0 radical (unpaired) electrons. The lowest BCUT2D eigenvalue weighted by molar-refractivity contribution is -0.185. The van der Waals surface area contributed by atoms with Gasteiger partial charge >= 0.3 is 12.1 Å². The Labute approximate surface area is 202 Å². The third kappa shape index (κ3) is 5.10. The van der Waals surface area contributed by atoms with Crippen molar-refractivity contribution in [1.29, 1.82) is 0 Å². The number of alkyl halides is 4. The number of carbonyl (C=O) groups is 1. The maximum atomic E-state index is 14.0. The number of benzene rings is 1. The van der Waals surface area contributed by atoms with Crippen molar-refractivity contribution >= 4 is 16.9 Å². The Bertz CT molecular complexity index is 1080. The number of halogens is 4. The van der Waals surface area contributed by atoms with Gasteiger partial charge in [-0.1, -0.05) is 19.9 Å². The molecule has 9 heteroatoms. The van der Waals surface area contributed by atoms with E-state index in [0.717, 1.165) is 5.69 Å². The normalized spacial score (nSPS) is 27.3. The third-order valence-corrected chi connectivity index (χ3v) is 7.99. The van der Waals surface area contributed by atoms with Gasteiger partial charge in [-0.25, -0.2) is 4.39 Å². The van der Waals surface area contributed by atoms with E-state index in [-0.39, 0.29) is 55.2 Å². The van der Waals surface area contributed by atoms with Crippen LogP contribution in [0.15, 0.2) is 24.3 Å². The van der Waals surface area contributed by atoms with Crippen molar-refractivity contribution in [2.75, 3.05) is 0 Å². The van der Waals surface area contributed by atoms with Gasteiger partial charge in [-0.2, -0.15) is 13.2 Å². The van der Waals surface area contributed by atoms with Crippen LogP contribution in [0.25, 0.3) is 10.9 Å². The Morgan fingerprint density at radius 1 is 1.20 bits per heavy atom. The van der Waals surface area contributed by atoms with Gasteiger partial charge in [0.1, 0.15) is 12.4 Å². The highest BCUT2D eigenvalue weighted by Crippen LogP contribution is 2.47. The molecule has 1 aromatic carbocycles. The van der Waals surface area contributed by atoms with Crippen molar-refractivity contribution in [3.63, 3.8) is 0 Å². The molecular formula is C26H32F4N2O3. The van der Waals surface area contributed by atoms with Crippen LogP contribution in [0.1, 0.15) is 70.2 Å². The van der Waals surface area contributed by atoms with Crippen molar-refractivity contribution in [2.45, 2.75) is 83.9 Å². The van der Waals surface area contributed by atoms with Gasteiger partial charge in [-0.05, 0) is 62.6 Å². The van der Waals surface area contributed by atoms with Crippen LogP contribution in [0.4, 0.5) is 17.6 Å². The summed E-state index contributed by atoms with van der Waals surface area (Å²) in [4.78, 5) is 16.1. The van der Waals surface area contributed by atoms with Gasteiger partial charge in [0.25, 0.3) is 0 Å². The Balaban J connectivity index is 1.46. The molecule has 4 rings (SSSR count). The van der Waals surface area contributed by atoms with Gasteiger partial charge in [-0.3, -0.25) is 9.78 Å². The van der Waals surface area contributed by atoms with E-state index in [9.17, 15) is 27.5 Å². The molecule has 5 nitrogen and oxygen atoms in total. The lowest BCUT2D eigenvalue weighted by Crippen LogP contribution is -2.59. The summed E-state index contributed by atoms with van der Waals surface area (Å²) in [5.74, 6) is -2.11. The molecule has 35 heavy (non-hydrogen) atoms. The number of aromatic nitrogens is 1. The van der Waals surface area contributed by atoms with Crippen LogP contribution < -0.4 is 10.1 Å². The van der Waals surface area contributed by atoms with Gasteiger partial charge in [0.15, 0.2) is 0 Å². The SMILES string of the molecule is CC(NC1CC(C(=O)O)C1(C)C)c1ccc2c(CF)c(OC3CCC(C(F)(F)F)CC3)ccc2n1. The number of nitrogens with zero attached hydrogens (tertiary/aromatic N) is 1. The van der Waals surface area contributed by atoms with E-state index in [0.29, 0.717) is 28.6 Å². The monoisotopic (exact) mass is 496 g/mol. The molecule has 1 aromatic heterocycles. The molecule has 0 aliphatic heterocycles. The van der Waals surface area contributed by atoms with Crippen LogP contribution >= 0.6 is 0 Å². The van der Waals surface area contributed by atoms with Gasteiger partial charge in [0, 0.05) is 23.0 Å². The van der Waals surface area contributed by atoms with Gasteiger partial charge in [-0.15, -0.1) is 0 Å². The lowest BCUT2D eigenvalue weighted by Gasteiger charge is -2.51. The first-order valence-electron chi connectivity index (χ1n) is 12.1. The number of carboxylic acid groups (broad SMARTS) is 1. The molecule has 0 spiro atoms. The van der Waals surface area contributed by atoms with Crippen molar-refractivity contribution in [3.8, 4) is 5.75 Å². The van der Waals surface area contributed by atoms with Crippen LogP contribution in [0.2, 0.25) is 0 Å². The number of nitrogens with one attached hydrogen (secondary N) is 1. The summed E-state index contributed by atoms with van der Waals surface area (Å²) < 4.78 is 58.8. The number of hydrogen-bond acceptors (Lipinski definition) is 4. The van der Waals surface area contributed by atoms with Gasteiger partial charge in [0.05, 0.1) is 29.2 Å². The summed E-state index contributed by atoms with van der Waals surface area (Å²) in [5, 5.41) is 13.4. The van der Waals surface area contributed by atoms with Crippen molar-refractivity contribution < 1.29 is 32.2 Å². The quantitative estimate of drug-likeness (QED) is 0.437. The molecule has 2 fully saturated rings. The van der Waals surface area contributed by atoms with E-state index in [4.69, 9.17) is 9.72 Å². The van der Waals surface area contributed by atoms with E-state index in [1.807, 2.05) is 26.8 Å². The lowest BCUT2D eigenvalue weighted by atomic mass is 9.58. The van der Waals surface area contributed by atoms with Crippen molar-refractivity contribution in [1.82, 2.24) is 10.3 Å². The molecule has 2 N–H and O–H groups in total. The predicted octanol–water partition coefficient (Wildman–Crippen LogP) is 6.35. The Hall–Kier alpha value is -2.42.